The summed E-state index contributed by atoms with van der Waals surface area (Å²) in [4.78, 5) is 23.0. The minimum Gasteiger partial charge on any atom is -0.475 e. The molecule has 218 valence electrons. The van der Waals surface area contributed by atoms with Gasteiger partial charge < -0.3 is 25.7 Å². The van der Waals surface area contributed by atoms with Crippen molar-refractivity contribution in [1.82, 2.24) is 10.2 Å². The van der Waals surface area contributed by atoms with Crippen LogP contribution in [0.25, 0.3) is 0 Å². The fourth-order valence-corrected chi connectivity index (χ4v) is 2.85. The van der Waals surface area contributed by atoms with Gasteiger partial charge in [-0.15, -0.1) is 0 Å². The molecule has 2 aromatic rings. The number of carboxylic acids is 1. The fraction of sp³-hybridized carbons (Fsp3) is 0.391. The van der Waals surface area contributed by atoms with E-state index < -0.39 is 35.7 Å². The zero-order valence-corrected chi connectivity index (χ0v) is 20.3. The molecule has 0 radical (unpaired) electrons. The Labute approximate surface area is 216 Å². The molecule has 0 aliphatic carbocycles. The highest BCUT2D eigenvalue weighted by Gasteiger charge is 2.71. The van der Waals surface area contributed by atoms with Crippen LogP contribution in [0, 0.1) is 0 Å². The molecule has 0 saturated carbocycles. The van der Waals surface area contributed by atoms with Gasteiger partial charge >= 0.3 is 24.5 Å². The Bertz CT molecular complexity index is 1070. The quantitative estimate of drug-likeness (QED) is 0.259. The first-order valence-corrected chi connectivity index (χ1v) is 10.8. The van der Waals surface area contributed by atoms with Gasteiger partial charge in [0.2, 0.25) is 0 Å². The number of carbonyl (C=O) groups excluding carboxylic acids is 1. The van der Waals surface area contributed by atoms with Crippen molar-refractivity contribution in [2.45, 2.75) is 30.6 Å². The van der Waals surface area contributed by atoms with Gasteiger partial charge in [-0.25, -0.2) is 4.79 Å². The van der Waals surface area contributed by atoms with Crippen molar-refractivity contribution in [3.8, 4) is 0 Å². The van der Waals surface area contributed by atoms with Gasteiger partial charge in [-0.3, -0.25) is 4.79 Å². The molecule has 7 nitrogen and oxygen atoms in total. The van der Waals surface area contributed by atoms with Crippen molar-refractivity contribution in [2.75, 3.05) is 32.5 Å². The minimum absolute atomic E-state index is 0.196. The predicted molar refractivity (Wildman–Crippen MR) is 121 cm³/mol. The molecule has 2 rings (SSSR count). The summed E-state index contributed by atoms with van der Waals surface area (Å²) >= 11 is 0. The van der Waals surface area contributed by atoms with Crippen LogP contribution in [0.1, 0.15) is 22.3 Å². The monoisotopic (exact) mass is 577 g/mol. The molecule has 0 bridgehead atoms. The molecule has 16 heteroatoms. The summed E-state index contributed by atoms with van der Waals surface area (Å²) in [5, 5.41) is 22.1. The van der Waals surface area contributed by atoms with Crippen molar-refractivity contribution in [3.63, 3.8) is 0 Å². The third kappa shape index (κ3) is 9.62. The zero-order valence-electron chi connectivity index (χ0n) is 20.3. The van der Waals surface area contributed by atoms with Crippen LogP contribution in [-0.4, -0.2) is 72.7 Å². The number of nitrogens with one attached hydrogen (secondary N) is 2. The van der Waals surface area contributed by atoms with E-state index in [0.29, 0.717) is 29.9 Å². The summed E-state index contributed by atoms with van der Waals surface area (Å²) < 4.78 is 109. The molecule has 0 aromatic heterocycles. The topological polar surface area (TPSA) is 102 Å². The van der Waals surface area contributed by atoms with Crippen LogP contribution in [-0.2, 0) is 10.4 Å². The molecular weight excluding hydrogens is 553 g/mol. The van der Waals surface area contributed by atoms with E-state index in [1.807, 2.05) is 19.0 Å². The average molecular weight is 577 g/mol. The molecule has 0 unspecified atom stereocenters. The Balaban J connectivity index is 0.000000956. The van der Waals surface area contributed by atoms with E-state index in [-0.39, 0.29) is 11.6 Å². The van der Waals surface area contributed by atoms with E-state index in [4.69, 9.17) is 9.90 Å². The third-order valence-corrected chi connectivity index (χ3v) is 4.87. The third-order valence-electron chi connectivity index (χ3n) is 4.87. The molecule has 4 N–H and O–H groups in total. The van der Waals surface area contributed by atoms with Crippen LogP contribution >= 0.6 is 0 Å². The van der Waals surface area contributed by atoms with Crippen LogP contribution in [0.15, 0.2) is 48.5 Å². The Morgan fingerprint density at radius 3 is 1.56 bits per heavy atom. The van der Waals surface area contributed by atoms with E-state index in [2.05, 4.69) is 10.6 Å². The van der Waals surface area contributed by atoms with Crippen molar-refractivity contribution in [1.29, 1.82) is 0 Å². The first-order valence-electron chi connectivity index (χ1n) is 10.8. The molecule has 2 aromatic carbocycles. The number of aliphatic carboxylic acids is 1. The lowest BCUT2D eigenvalue weighted by Gasteiger charge is -2.32. The largest absolute Gasteiger partial charge is 0.490 e. The summed E-state index contributed by atoms with van der Waals surface area (Å²) in [6, 6.07) is 9.24. The Morgan fingerprint density at radius 2 is 1.21 bits per heavy atom. The Kier molecular flexibility index (Phi) is 11.2. The van der Waals surface area contributed by atoms with E-state index >= 15 is 0 Å². The second-order valence-electron chi connectivity index (χ2n) is 8.20. The smallest absolute Gasteiger partial charge is 0.475 e. The maximum absolute atomic E-state index is 12.9. The standard InChI is InChI=1S/C21H23F6N3O2.C2HF3O2/c1-30(2)13-3-12-28-18(31)14-4-8-16(9-5-14)29-17-10-6-15(7-11-17)19(32,20(22,23)24)21(25,26)27;3-2(4,5)1(6)7/h4-11,29,32H,3,12-13H2,1-2H3,(H,28,31);(H,6,7). The number of rotatable bonds is 8. The van der Waals surface area contributed by atoms with Crippen LogP contribution < -0.4 is 10.6 Å². The van der Waals surface area contributed by atoms with Gasteiger partial charge in [-0.05, 0) is 63.5 Å². The molecule has 0 aliphatic heterocycles. The summed E-state index contributed by atoms with van der Waals surface area (Å²) in [6.07, 6.45) is -16.2. The number of halogens is 9. The van der Waals surface area contributed by atoms with E-state index in [1.54, 1.807) is 12.1 Å². The number of carboxylic acid groups (broad SMARTS) is 1. The molecule has 0 atom stereocenters. The number of aliphatic hydroxyl groups is 1. The van der Waals surface area contributed by atoms with E-state index in [9.17, 15) is 49.4 Å². The second-order valence-corrected chi connectivity index (χ2v) is 8.20. The van der Waals surface area contributed by atoms with E-state index in [1.165, 1.54) is 12.1 Å². The summed E-state index contributed by atoms with van der Waals surface area (Å²) in [5.74, 6) is -3.02. The number of nitrogens with zero attached hydrogens (tertiary/aromatic N) is 1. The maximum Gasteiger partial charge on any atom is 0.490 e. The van der Waals surface area contributed by atoms with Crippen molar-refractivity contribution in [2.24, 2.45) is 0 Å². The minimum atomic E-state index is -5.94. The number of anilines is 2. The highest BCUT2D eigenvalue weighted by Crippen LogP contribution is 2.50. The number of carbonyl (C=O) groups is 2. The van der Waals surface area contributed by atoms with Crippen LogP contribution in [0.3, 0.4) is 0 Å². The molecule has 1 amide bonds. The highest BCUT2D eigenvalue weighted by molar-refractivity contribution is 5.94. The lowest BCUT2D eigenvalue weighted by atomic mass is 9.92. The first-order chi connectivity index (χ1) is 17.7. The van der Waals surface area contributed by atoms with Gasteiger partial charge in [0.25, 0.3) is 11.5 Å². The van der Waals surface area contributed by atoms with Gasteiger partial charge in [-0.1, -0.05) is 12.1 Å². The van der Waals surface area contributed by atoms with Crippen LogP contribution in [0.2, 0.25) is 0 Å². The lowest BCUT2D eigenvalue weighted by molar-refractivity contribution is -0.376. The van der Waals surface area contributed by atoms with Gasteiger partial charge in [0, 0.05) is 29.0 Å². The van der Waals surface area contributed by atoms with Crippen molar-refractivity contribution >= 4 is 23.3 Å². The Hall–Kier alpha value is -3.53. The average Bonchev–Trinajstić information content (AvgIpc) is 2.80. The van der Waals surface area contributed by atoms with Gasteiger partial charge in [0.15, 0.2) is 0 Å². The molecule has 0 spiro atoms. The molecule has 0 heterocycles. The lowest BCUT2D eigenvalue weighted by Crippen LogP contribution is -2.53. The number of benzene rings is 2. The normalized spacial score (nSPS) is 12.4. The van der Waals surface area contributed by atoms with Crippen molar-refractivity contribution in [3.05, 3.63) is 59.7 Å². The van der Waals surface area contributed by atoms with Crippen LogP contribution in [0.4, 0.5) is 50.9 Å². The molecule has 0 fully saturated rings. The fourth-order valence-electron chi connectivity index (χ4n) is 2.85. The van der Waals surface area contributed by atoms with Gasteiger partial charge in [0.1, 0.15) is 0 Å². The molecule has 0 saturated heterocycles. The summed E-state index contributed by atoms with van der Waals surface area (Å²) in [7, 11) is 3.85. The number of amides is 1. The number of hydrogen-bond donors (Lipinski definition) is 4. The number of alkyl halides is 9. The predicted octanol–water partition coefficient (Wildman–Crippen LogP) is 5.06. The summed E-state index contributed by atoms with van der Waals surface area (Å²) in [6.45, 7) is 1.33. The first kappa shape index (κ1) is 33.5. The summed E-state index contributed by atoms with van der Waals surface area (Å²) in [5.41, 5.74) is -5.26. The number of hydrogen-bond acceptors (Lipinski definition) is 5. The van der Waals surface area contributed by atoms with Crippen molar-refractivity contribution < 1.29 is 59.3 Å². The van der Waals surface area contributed by atoms with Crippen LogP contribution in [0.5, 0.6) is 0 Å². The maximum atomic E-state index is 12.9. The zero-order chi connectivity index (χ0) is 30.2. The second kappa shape index (κ2) is 13.0. The molecule has 0 aliphatic rings. The van der Waals surface area contributed by atoms with Gasteiger partial charge in [-0.2, -0.15) is 39.5 Å². The SMILES string of the molecule is CN(C)CCCNC(=O)c1ccc(Nc2ccc(C(O)(C(F)(F)F)C(F)(F)F)cc2)cc1.O=C(O)C(F)(F)F. The van der Waals surface area contributed by atoms with E-state index in [0.717, 1.165) is 25.1 Å². The highest BCUT2D eigenvalue weighted by atomic mass is 19.4. The molecular formula is C23H24F9N3O4. The Morgan fingerprint density at radius 1 is 0.795 bits per heavy atom. The molecule has 39 heavy (non-hydrogen) atoms. The van der Waals surface area contributed by atoms with Gasteiger partial charge in [0.05, 0.1) is 0 Å².